The third kappa shape index (κ3) is 2.57. The summed E-state index contributed by atoms with van der Waals surface area (Å²) < 4.78 is 32.6. The monoisotopic (exact) mass is 328 g/mol. The van der Waals surface area contributed by atoms with E-state index in [-0.39, 0.29) is 0 Å². The second-order valence-electron chi connectivity index (χ2n) is 5.49. The van der Waals surface area contributed by atoms with E-state index in [9.17, 15) is 8.78 Å². The van der Waals surface area contributed by atoms with Gasteiger partial charge in [0.2, 0.25) is 0 Å². The predicted octanol–water partition coefficient (Wildman–Crippen LogP) is 6.11. The van der Waals surface area contributed by atoms with E-state index in [0.29, 0.717) is 17.0 Å². The van der Waals surface area contributed by atoms with E-state index in [0.717, 1.165) is 33.6 Å². The Morgan fingerprint density at radius 2 is 1.57 bits per heavy atom. The number of hydrogen-bond donors (Lipinski definition) is 0. The van der Waals surface area contributed by atoms with Crippen molar-refractivity contribution in [3.05, 3.63) is 82.4 Å². The summed E-state index contributed by atoms with van der Waals surface area (Å²) in [6.07, 6.45) is 0.384. The third-order valence-corrected chi connectivity index (χ3v) is 4.14. The van der Waals surface area contributed by atoms with Crippen molar-refractivity contribution in [2.75, 3.05) is 0 Å². The smallest absolute Gasteiger partial charge is 0.135 e. The zero-order valence-electron chi connectivity index (χ0n) is 11.9. The first-order valence-electron chi connectivity index (χ1n) is 7.15. The molecule has 0 spiro atoms. The number of rotatable bonds is 2. The predicted molar refractivity (Wildman–Crippen MR) is 87.9 cm³/mol. The van der Waals surface area contributed by atoms with Crippen molar-refractivity contribution in [3.63, 3.8) is 0 Å². The van der Waals surface area contributed by atoms with Gasteiger partial charge in [0.15, 0.2) is 0 Å². The average Bonchev–Trinajstić information content (AvgIpc) is 2.87. The van der Waals surface area contributed by atoms with E-state index < -0.39 is 11.6 Å². The van der Waals surface area contributed by atoms with E-state index in [1.54, 1.807) is 6.07 Å². The van der Waals surface area contributed by atoms with Crippen LogP contribution in [0, 0.1) is 11.6 Å². The summed E-state index contributed by atoms with van der Waals surface area (Å²) >= 11 is 6.05. The van der Waals surface area contributed by atoms with Gasteiger partial charge in [-0.05, 0) is 47.5 Å². The van der Waals surface area contributed by atoms with Crippen LogP contribution >= 0.6 is 11.6 Å². The number of furan rings is 1. The highest BCUT2D eigenvalue weighted by Crippen LogP contribution is 2.31. The zero-order valence-corrected chi connectivity index (χ0v) is 12.7. The quantitative estimate of drug-likeness (QED) is 0.433. The fourth-order valence-corrected chi connectivity index (χ4v) is 2.96. The van der Waals surface area contributed by atoms with E-state index in [1.165, 1.54) is 12.1 Å². The molecule has 0 unspecified atom stereocenters. The van der Waals surface area contributed by atoms with Crippen LogP contribution in [0.15, 0.2) is 59.0 Å². The topological polar surface area (TPSA) is 13.1 Å². The van der Waals surface area contributed by atoms with E-state index in [2.05, 4.69) is 0 Å². The molecule has 4 aromatic rings. The molecule has 0 N–H and O–H groups in total. The summed E-state index contributed by atoms with van der Waals surface area (Å²) in [5.74, 6) is -1.11. The van der Waals surface area contributed by atoms with Gasteiger partial charge >= 0.3 is 0 Å². The molecule has 0 saturated heterocycles. The van der Waals surface area contributed by atoms with Crippen molar-refractivity contribution >= 4 is 33.5 Å². The number of halogens is 3. The fourth-order valence-electron chi connectivity index (χ4n) is 2.79. The van der Waals surface area contributed by atoms with Gasteiger partial charge in [0, 0.05) is 28.3 Å². The van der Waals surface area contributed by atoms with Crippen molar-refractivity contribution in [1.82, 2.24) is 0 Å². The number of hydrogen-bond acceptors (Lipinski definition) is 1. The molecular formula is C19H11ClF2O. The average molecular weight is 329 g/mol. The van der Waals surface area contributed by atoms with Gasteiger partial charge in [0.05, 0.1) is 0 Å². The largest absolute Gasteiger partial charge is 0.456 e. The van der Waals surface area contributed by atoms with Gasteiger partial charge in [0.1, 0.15) is 22.8 Å². The summed E-state index contributed by atoms with van der Waals surface area (Å²) in [4.78, 5) is 0. The Kier molecular flexibility index (Phi) is 3.31. The molecule has 0 saturated carbocycles. The molecule has 0 radical (unpaired) electrons. The molecule has 0 aliphatic heterocycles. The lowest BCUT2D eigenvalue weighted by atomic mass is 10.0. The Balaban J connectivity index is 1.81. The maximum Gasteiger partial charge on any atom is 0.135 e. The van der Waals surface area contributed by atoms with Crippen molar-refractivity contribution < 1.29 is 13.2 Å². The molecule has 3 aromatic carbocycles. The molecular weight excluding hydrogens is 318 g/mol. The standard InChI is InChI=1S/C19H11ClF2O/c20-13-3-6-19-16(9-13)15-8-11(1-5-18(15)23-19)7-12-2-4-14(21)10-17(12)22/h1-6,8-10H,7H2. The molecule has 4 heteroatoms. The van der Waals surface area contributed by atoms with Gasteiger partial charge in [0.25, 0.3) is 0 Å². The molecule has 1 nitrogen and oxygen atoms in total. The van der Waals surface area contributed by atoms with Crippen LogP contribution in [0.2, 0.25) is 5.02 Å². The van der Waals surface area contributed by atoms with Gasteiger partial charge in [-0.25, -0.2) is 8.78 Å². The molecule has 0 atom stereocenters. The van der Waals surface area contributed by atoms with Crippen molar-refractivity contribution in [3.8, 4) is 0 Å². The van der Waals surface area contributed by atoms with Gasteiger partial charge in [-0.2, -0.15) is 0 Å². The first kappa shape index (κ1) is 14.2. The number of benzene rings is 3. The summed E-state index contributed by atoms with van der Waals surface area (Å²) in [7, 11) is 0. The van der Waals surface area contributed by atoms with Crippen LogP contribution < -0.4 is 0 Å². The Labute approximate surface area is 136 Å². The van der Waals surface area contributed by atoms with Crippen LogP contribution in [-0.4, -0.2) is 0 Å². The minimum Gasteiger partial charge on any atom is -0.456 e. The van der Waals surface area contributed by atoms with Crippen molar-refractivity contribution in [2.24, 2.45) is 0 Å². The molecule has 0 bridgehead atoms. The maximum atomic E-state index is 13.8. The molecule has 0 aliphatic rings. The Morgan fingerprint density at radius 3 is 2.35 bits per heavy atom. The van der Waals surface area contributed by atoms with Crippen molar-refractivity contribution in [2.45, 2.75) is 6.42 Å². The minimum absolute atomic E-state index is 0.384. The second-order valence-corrected chi connectivity index (χ2v) is 5.92. The molecule has 0 amide bonds. The first-order valence-corrected chi connectivity index (χ1v) is 7.52. The highest BCUT2D eigenvalue weighted by atomic mass is 35.5. The third-order valence-electron chi connectivity index (χ3n) is 3.91. The van der Waals surface area contributed by atoms with Crippen LogP contribution in [0.4, 0.5) is 8.78 Å². The highest BCUT2D eigenvalue weighted by Gasteiger charge is 2.10. The SMILES string of the molecule is Fc1ccc(Cc2ccc3oc4ccc(Cl)cc4c3c2)c(F)c1. The normalized spacial score (nSPS) is 11.4. The molecule has 1 aromatic heterocycles. The Morgan fingerprint density at radius 1 is 0.826 bits per heavy atom. The lowest BCUT2D eigenvalue weighted by Crippen LogP contribution is -1.93. The summed E-state index contributed by atoms with van der Waals surface area (Å²) in [5.41, 5.74) is 2.89. The van der Waals surface area contributed by atoms with E-state index in [1.807, 2.05) is 30.3 Å². The van der Waals surface area contributed by atoms with Gasteiger partial charge in [-0.15, -0.1) is 0 Å². The molecule has 1 heterocycles. The number of fused-ring (bicyclic) bond motifs is 3. The lowest BCUT2D eigenvalue weighted by Gasteiger charge is -2.04. The van der Waals surface area contributed by atoms with Gasteiger partial charge in [-0.3, -0.25) is 0 Å². The van der Waals surface area contributed by atoms with E-state index in [4.69, 9.17) is 16.0 Å². The van der Waals surface area contributed by atoms with Crippen LogP contribution in [0.3, 0.4) is 0 Å². The van der Waals surface area contributed by atoms with E-state index >= 15 is 0 Å². The van der Waals surface area contributed by atoms with Crippen LogP contribution in [0.25, 0.3) is 21.9 Å². The van der Waals surface area contributed by atoms with Crippen LogP contribution in [-0.2, 0) is 6.42 Å². The molecule has 23 heavy (non-hydrogen) atoms. The molecule has 4 rings (SSSR count). The lowest BCUT2D eigenvalue weighted by molar-refractivity contribution is 0.574. The second kappa shape index (κ2) is 5.36. The Bertz CT molecular complexity index is 1040. The first-order chi connectivity index (χ1) is 11.1. The molecule has 114 valence electrons. The Hall–Kier alpha value is -2.39. The zero-order chi connectivity index (χ0) is 16.0. The van der Waals surface area contributed by atoms with Gasteiger partial charge < -0.3 is 4.42 Å². The molecule has 0 fully saturated rings. The summed E-state index contributed by atoms with van der Waals surface area (Å²) in [5, 5.41) is 2.49. The van der Waals surface area contributed by atoms with Crippen LogP contribution in [0.1, 0.15) is 11.1 Å². The van der Waals surface area contributed by atoms with Crippen LogP contribution in [0.5, 0.6) is 0 Å². The van der Waals surface area contributed by atoms with Gasteiger partial charge in [-0.1, -0.05) is 23.7 Å². The fraction of sp³-hybridized carbons (Fsp3) is 0.0526. The summed E-state index contributed by atoms with van der Waals surface area (Å²) in [6.45, 7) is 0. The minimum atomic E-state index is -0.572. The summed E-state index contributed by atoms with van der Waals surface area (Å²) in [6, 6.07) is 14.8. The van der Waals surface area contributed by atoms with Crippen molar-refractivity contribution in [1.29, 1.82) is 0 Å². The molecule has 0 aliphatic carbocycles. The maximum absolute atomic E-state index is 13.8. The highest BCUT2D eigenvalue weighted by molar-refractivity contribution is 6.31.